The van der Waals surface area contributed by atoms with E-state index in [1.54, 1.807) is 12.1 Å². The van der Waals surface area contributed by atoms with Crippen LogP contribution in [-0.4, -0.2) is 20.3 Å². The molecule has 0 atom stereocenters. The van der Waals surface area contributed by atoms with Crippen LogP contribution in [-0.2, 0) is 24.6 Å². The van der Waals surface area contributed by atoms with Gasteiger partial charge in [0.2, 0.25) is 5.91 Å². The van der Waals surface area contributed by atoms with Crippen molar-refractivity contribution in [1.82, 2.24) is 14.3 Å². The fraction of sp³-hybridized carbons (Fsp3) is 0.278. The first-order valence-corrected chi connectivity index (χ1v) is 8.09. The molecular formula is C18H17F3N4O2. The highest BCUT2D eigenvalue weighted by atomic mass is 19.4. The van der Waals surface area contributed by atoms with Gasteiger partial charge in [-0.1, -0.05) is 18.2 Å². The van der Waals surface area contributed by atoms with Crippen LogP contribution >= 0.6 is 0 Å². The lowest BCUT2D eigenvalue weighted by molar-refractivity contribution is -0.136. The second-order valence-corrected chi connectivity index (χ2v) is 6.25. The fourth-order valence-corrected chi connectivity index (χ4v) is 3.07. The predicted molar refractivity (Wildman–Crippen MR) is 94.5 cm³/mol. The normalized spacial score (nSPS) is 11.8. The summed E-state index contributed by atoms with van der Waals surface area (Å²) in [5.74, 6) is -0.522. The Balaban J connectivity index is 2.08. The summed E-state index contributed by atoms with van der Waals surface area (Å²) in [5.41, 5.74) is -0.492. The van der Waals surface area contributed by atoms with Gasteiger partial charge in [-0.15, -0.1) is 0 Å². The molecule has 27 heavy (non-hydrogen) atoms. The van der Waals surface area contributed by atoms with Gasteiger partial charge in [-0.05, 0) is 25.5 Å². The van der Waals surface area contributed by atoms with E-state index in [2.05, 4.69) is 10.4 Å². The van der Waals surface area contributed by atoms with Gasteiger partial charge in [-0.25, -0.2) is 0 Å². The monoisotopic (exact) mass is 378 g/mol. The van der Waals surface area contributed by atoms with Crippen molar-refractivity contribution in [3.8, 4) is 0 Å². The number of nitrogens with one attached hydrogen (secondary N) is 1. The molecule has 0 aliphatic carbocycles. The number of anilines is 1. The van der Waals surface area contributed by atoms with E-state index in [9.17, 15) is 22.8 Å². The number of hydrogen-bond donors (Lipinski definition) is 1. The molecule has 3 aromatic rings. The number of aryl methyl sites for hydroxylation is 3. The van der Waals surface area contributed by atoms with Crippen molar-refractivity contribution in [3.05, 3.63) is 57.5 Å². The van der Waals surface area contributed by atoms with Gasteiger partial charge in [0, 0.05) is 18.8 Å². The zero-order chi connectivity index (χ0) is 19.9. The maximum Gasteiger partial charge on any atom is 0.417 e. The van der Waals surface area contributed by atoms with Crippen molar-refractivity contribution >= 4 is 22.6 Å². The predicted octanol–water partition coefficient (Wildman–Crippen LogP) is 3.01. The molecule has 142 valence electrons. The highest BCUT2D eigenvalue weighted by molar-refractivity contribution is 5.92. The molecule has 2 heterocycles. The minimum Gasteiger partial charge on any atom is -0.324 e. The van der Waals surface area contributed by atoms with E-state index in [1.807, 2.05) is 19.1 Å². The largest absolute Gasteiger partial charge is 0.417 e. The maximum atomic E-state index is 13.3. The van der Waals surface area contributed by atoms with Crippen molar-refractivity contribution in [1.29, 1.82) is 0 Å². The molecule has 0 fully saturated rings. The summed E-state index contributed by atoms with van der Waals surface area (Å²) in [5, 5.41) is 6.48. The average molecular weight is 378 g/mol. The van der Waals surface area contributed by atoms with Crippen molar-refractivity contribution in [2.45, 2.75) is 26.6 Å². The summed E-state index contributed by atoms with van der Waals surface area (Å²) >= 11 is 0. The number of alkyl halides is 3. The Bertz CT molecular complexity index is 1100. The number of carbonyl (C=O) groups excluding carboxylic acids is 1. The quantitative estimate of drug-likeness (QED) is 0.762. The maximum absolute atomic E-state index is 13.3. The smallest absolute Gasteiger partial charge is 0.324 e. The van der Waals surface area contributed by atoms with Gasteiger partial charge in [0.05, 0.1) is 16.6 Å². The lowest BCUT2D eigenvalue weighted by Gasteiger charge is -2.14. The summed E-state index contributed by atoms with van der Waals surface area (Å²) in [6.45, 7) is 2.81. The first-order chi connectivity index (χ1) is 12.6. The lowest BCUT2D eigenvalue weighted by Crippen LogP contribution is -2.30. The summed E-state index contributed by atoms with van der Waals surface area (Å²) in [7, 11) is 1.44. The molecule has 1 amide bonds. The zero-order valence-corrected chi connectivity index (χ0v) is 14.9. The summed E-state index contributed by atoms with van der Waals surface area (Å²) in [6.07, 6.45) is -4.70. The standard InChI is InChI=1S/C18H17F3N4O2/c1-10-6-4-5-7-13(10)22-14(26)9-25-15(27)8-12(18(19,20)21)16-11(2)23-24(3)17(16)25/h4-8H,9H2,1-3H3,(H,22,26). The molecule has 0 bridgehead atoms. The number of halogens is 3. The number of para-hydroxylation sites is 1. The van der Waals surface area contributed by atoms with Crippen LogP contribution in [0.2, 0.25) is 0 Å². The van der Waals surface area contributed by atoms with Crippen LogP contribution in [0.25, 0.3) is 11.0 Å². The number of carbonyl (C=O) groups is 1. The van der Waals surface area contributed by atoms with Gasteiger partial charge < -0.3 is 5.32 Å². The van der Waals surface area contributed by atoms with Crippen LogP contribution in [0, 0.1) is 13.8 Å². The van der Waals surface area contributed by atoms with Crippen molar-refractivity contribution in [2.75, 3.05) is 5.32 Å². The molecule has 0 aliphatic heterocycles. The fourth-order valence-electron chi connectivity index (χ4n) is 3.07. The minimum absolute atomic E-state index is 0.0488. The number of nitrogens with zero attached hydrogens (tertiary/aromatic N) is 3. The van der Waals surface area contributed by atoms with Crippen molar-refractivity contribution in [2.24, 2.45) is 7.05 Å². The molecule has 0 saturated carbocycles. The molecule has 0 aliphatic rings. The van der Waals surface area contributed by atoms with E-state index in [0.717, 1.165) is 10.1 Å². The van der Waals surface area contributed by atoms with E-state index in [-0.39, 0.29) is 16.7 Å². The highest BCUT2D eigenvalue weighted by Crippen LogP contribution is 2.35. The first kappa shape index (κ1) is 18.7. The molecule has 2 aromatic heterocycles. The summed E-state index contributed by atoms with van der Waals surface area (Å²) in [6, 6.07) is 7.58. The van der Waals surface area contributed by atoms with Crippen LogP contribution in [0.15, 0.2) is 35.1 Å². The molecule has 9 heteroatoms. The third kappa shape index (κ3) is 3.44. The van der Waals surface area contributed by atoms with E-state index in [4.69, 9.17) is 0 Å². The van der Waals surface area contributed by atoms with Gasteiger partial charge in [0.25, 0.3) is 5.56 Å². The minimum atomic E-state index is -4.70. The molecule has 0 unspecified atom stereocenters. The Morgan fingerprint density at radius 2 is 1.89 bits per heavy atom. The lowest BCUT2D eigenvalue weighted by atomic mass is 10.1. The van der Waals surface area contributed by atoms with Gasteiger partial charge in [-0.2, -0.15) is 18.3 Å². The van der Waals surface area contributed by atoms with E-state index in [1.165, 1.54) is 18.7 Å². The molecule has 6 nitrogen and oxygen atoms in total. The van der Waals surface area contributed by atoms with Crippen LogP contribution in [0.3, 0.4) is 0 Å². The van der Waals surface area contributed by atoms with Crippen molar-refractivity contribution in [3.63, 3.8) is 0 Å². The number of hydrogen-bond acceptors (Lipinski definition) is 3. The Hall–Kier alpha value is -3.10. The Kier molecular flexibility index (Phi) is 4.54. The number of rotatable bonds is 3. The summed E-state index contributed by atoms with van der Waals surface area (Å²) < 4.78 is 42.2. The van der Waals surface area contributed by atoms with Crippen molar-refractivity contribution < 1.29 is 18.0 Å². The zero-order valence-electron chi connectivity index (χ0n) is 14.9. The Morgan fingerprint density at radius 1 is 1.22 bits per heavy atom. The van der Waals surface area contributed by atoms with Gasteiger partial charge in [0.15, 0.2) is 0 Å². The molecule has 0 spiro atoms. The molecule has 1 N–H and O–H groups in total. The number of fused-ring (bicyclic) bond motifs is 1. The van der Waals surface area contributed by atoms with Crippen LogP contribution in [0.5, 0.6) is 0 Å². The Labute approximate surface area is 152 Å². The molecule has 1 aromatic carbocycles. The topological polar surface area (TPSA) is 68.9 Å². The molecule has 0 saturated heterocycles. The molecule has 3 rings (SSSR count). The van der Waals surface area contributed by atoms with Crippen LogP contribution < -0.4 is 10.9 Å². The van der Waals surface area contributed by atoms with E-state index >= 15 is 0 Å². The Morgan fingerprint density at radius 3 is 2.52 bits per heavy atom. The van der Waals surface area contributed by atoms with E-state index in [0.29, 0.717) is 11.8 Å². The second kappa shape index (κ2) is 6.57. The second-order valence-electron chi connectivity index (χ2n) is 6.25. The average Bonchev–Trinajstić information content (AvgIpc) is 2.85. The third-order valence-corrected chi connectivity index (χ3v) is 4.28. The molecule has 0 radical (unpaired) electrons. The number of pyridine rings is 1. The van der Waals surface area contributed by atoms with Crippen LogP contribution in [0.4, 0.5) is 18.9 Å². The van der Waals surface area contributed by atoms with Gasteiger partial charge >= 0.3 is 6.18 Å². The number of benzene rings is 1. The SMILES string of the molecule is Cc1ccccc1NC(=O)Cn1c(=O)cc(C(F)(F)F)c2c(C)nn(C)c21. The first-order valence-electron chi connectivity index (χ1n) is 8.09. The summed E-state index contributed by atoms with van der Waals surface area (Å²) in [4.78, 5) is 24.8. The molecular weight excluding hydrogens is 361 g/mol. The van der Waals surface area contributed by atoms with E-state index < -0.39 is 29.8 Å². The third-order valence-electron chi connectivity index (χ3n) is 4.28. The highest BCUT2D eigenvalue weighted by Gasteiger charge is 2.36. The van der Waals surface area contributed by atoms with Crippen LogP contribution in [0.1, 0.15) is 16.8 Å². The van der Waals surface area contributed by atoms with Gasteiger partial charge in [0.1, 0.15) is 12.2 Å². The van der Waals surface area contributed by atoms with Gasteiger partial charge in [-0.3, -0.25) is 18.8 Å². The number of aromatic nitrogens is 3. The number of amides is 1.